The van der Waals surface area contributed by atoms with E-state index < -0.39 is 6.10 Å². The summed E-state index contributed by atoms with van der Waals surface area (Å²) >= 11 is 0. The minimum atomic E-state index is -0.795. The number of carbonyl (C=O) groups excluding carboxylic acids is 3. The van der Waals surface area contributed by atoms with Gasteiger partial charge in [0, 0.05) is 19.3 Å². The van der Waals surface area contributed by atoms with Gasteiger partial charge < -0.3 is 14.2 Å². The highest BCUT2D eigenvalue weighted by atomic mass is 16.6. The van der Waals surface area contributed by atoms with E-state index in [2.05, 4.69) is 118 Å². The molecule has 0 bridgehead atoms. The lowest BCUT2D eigenvalue weighted by Crippen LogP contribution is -2.30. The molecule has 6 nitrogen and oxygen atoms in total. The molecule has 0 saturated carbocycles. The van der Waals surface area contributed by atoms with Crippen LogP contribution < -0.4 is 0 Å². The minimum Gasteiger partial charge on any atom is -0.462 e. The molecule has 0 radical (unpaired) electrons. The summed E-state index contributed by atoms with van der Waals surface area (Å²) in [6, 6.07) is 0. The topological polar surface area (TPSA) is 78.9 Å². The van der Waals surface area contributed by atoms with Crippen LogP contribution in [0.2, 0.25) is 0 Å². The molecule has 0 aliphatic carbocycles. The Morgan fingerprint density at radius 3 is 0.984 bits per heavy atom. The van der Waals surface area contributed by atoms with Gasteiger partial charge in [0.25, 0.3) is 0 Å². The number of esters is 3. The number of unbranched alkanes of at least 4 members (excludes halogenated alkanes) is 18. The van der Waals surface area contributed by atoms with Crippen LogP contribution in [0.15, 0.2) is 97.2 Å². The fourth-order valence-corrected chi connectivity index (χ4v) is 6.72. The molecule has 1 atom stereocenters. The Bertz CT molecular complexity index is 1280. The molecular formula is C57H94O6. The van der Waals surface area contributed by atoms with Gasteiger partial charge in [-0.3, -0.25) is 14.4 Å². The third-order valence-electron chi connectivity index (χ3n) is 10.6. The molecule has 1 unspecified atom stereocenters. The maximum absolute atomic E-state index is 12.8. The van der Waals surface area contributed by atoms with E-state index in [0.29, 0.717) is 19.3 Å². The molecule has 358 valence electrons. The number of hydrogen-bond donors (Lipinski definition) is 0. The zero-order valence-corrected chi connectivity index (χ0v) is 40.8. The Labute approximate surface area is 387 Å². The third kappa shape index (κ3) is 49.2. The quantitative estimate of drug-likeness (QED) is 0.0262. The second kappa shape index (κ2) is 51.0. The van der Waals surface area contributed by atoms with Crippen LogP contribution in [-0.4, -0.2) is 37.2 Å². The van der Waals surface area contributed by atoms with E-state index in [1.54, 1.807) is 0 Å². The van der Waals surface area contributed by atoms with Gasteiger partial charge in [0.05, 0.1) is 0 Å². The zero-order chi connectivity index (χ0) is 45.8. The second-order valence-corrected chi connectivity index (χ2v) is 16.7. The van der Waals surface area contributed by atoms with Crippen molar-refractivity contribution < 1.29 is 28.6 Å². The molecule has 63 heavy (non-hydrogen) atoms. The van der Waals surface area contributed by atoms with Crippen LogP contribution in [0.1, 0.15) is 226 Å². The fourth-order valence-electron chi connectivity index (χ4n) is 6.72. The SMILES string of the molecule is CC/C=C\C/C=C\C/C=C\C/C=C\CCCCCCCCC(=O)OCC(COC(=O)CCCCCC/C=C\CCCC)OC(=O)CCCCCCCC/C=C\C/C=C\C/C=C\CC. The Balaban J connectivity index is 4.41. The number of rotatable bonds is 45. The molecule has 0 aliphatic heterocycles. The predicted octanol–water partition coefficient (Wildman–Crippen LogP) is 17.0. The molecule has 0 aliphatic rings. The molecule has 0 heterocycles. The highest BCUT2D eigenvalue weighted by Gasteiger charge is 2.19. The number of carbonyl (C=O) groups is 3. The lowest BCUT2D eigenvalue weighted by molar-refractivity contribution is -0.167. The number of hydrogen-bond acceptors (Lipinski definition) is 6. The van der Waals surface area contributed by atoms with Gasteiger partial charge in [-0.05, 0) is 109 Å². The molecule has 0 aromatic heterocycles. The van der Waals surface area contributed by atoms with Gasteiger partial charge in [-0.1, -0.05) is 195 Å². The average molecular weight is 875 g/mol. The number of ether oxygens (including phenoxy) is 3. The van der Waals surface area contributed by atoms with E-state index in [9.17, 15) is 14.4 Å². The first kappa shape index (κ1) is 59.3. The summed E-state index contributed by atoms with van der Waals surface area (Å²) in [5.41, 5.74) is 0. The lowest BCUT2D eigenvalue weighted by Gasteiger charge is -2.18. The van der Waals surface area contributed by atoms with Crippen LogP contribution in [0.25, 0.3) is 0 Å². The van der Waals surface area contributed by atoms with E-state index in [-0.39, 0.29) is 31.1 Å². The van der Waals surface area contributed by atoms with Crippen molar-refractivity contribution in [2.24, 2.45) is 0 Å². The van der Waals surface area contributed by atoms with Gasteiger partial charge in [-0.15, -0.1) is 0 Å². The monoisotopic (exact) mass is 875 g/mol. The van der Waals surface area contributed by atoms with Crippen molar-refractivity contribution in [2.45, 2.75) is 232 Å². The highest BCUT2D eigenvalue weighted by molar-refractivity contribution is 5.71. The largest absolute Gasteiger partial charge is 0.462 e. The van der Waals surface area contributed by atoms with E-state index in [4.69, 9.17) is 14.2 Å². The molecule has 0 saturated heterocycles. The molecule has 0 amide bonds. The van der Waals surface area contributed by atoms with E-state index in [1.807, 2.05) is 0 Å². The Morgan fingerprint density at radius 1 is 0.333 bits per heavy atom. The zero-order valence-electron chi connectivity index (χ0n) is 40.8. The van der Waals surface area contributed by atoms with Crippen molar-refractivity contribution in [1.29, 1.82) is 0 Å². The first-order chi connectivity index (χ1) is 31.0. The maximum atomic E-state index is 12.8. The van der Waals surface area contributed by atoms with Crippen LogP contribution >= 0.6 is 0 Å². The van der Waals surface area contributed by atoms with E-state index >= 15 is 0 Å². The van der Waals surface area contributed by atoms with Gasteiger partial charge in [-0.2, -0.15) is 0 Å². The van der Waals surface area contributed by atoms with Crippen LogP contribution in [0.4, 0.5) is 0 Å². The van der Waals surface area contributed by atoms with E-state index in [1.165, 1.54) is 38.5 Å². The smallest absolute Gasteiger partial charge is 0.306 e. The Morgan fingerprint density at radius 2 is 0.619 bits per heavy atom. The van der Waals surface area contributed by atoms with Crippen molar-refractivity contribution in [3.8, 4) is 0 Å². The second-order valence-electron chi connectivity index (χ2n) is 16.7. The molecule has 0 fully saturated rings. The number of allylic oxidation sites excluding steroid dienone is 16. The summed E-state index contributed by atoms with van der Waals surface area (Å²) in [7, 11) is 0. The molecule has 0 aromatic rings. The van der Waals surface area contributed by atoms with Crippen LogP contribution in [-0.2, 0) is 28.6 Å². The summed E-state index contributed by atoms with van der Waals surface area (Å²) in [6.07, 6.45) is 66.8. The molecule has 0 N–H and O–H groups in total. The van der Waals surface area contributed by atoms with Crippen molar-refractivity contribution in [1.82, 2.24) is 0 Å². The normalized spacial score (nSPS) is 12.9. The molecule has 6 heteroatoms. The van der Waals surface area contributed by atoms with Crippen molar-refractivity contribution in [3.63, 3.8) is 0 Å². The Kier molecular flexibility index (Phi) is 48.0. The summed E-state index contributed by atoms with van der Waals surface area (Å²) < 4.78 is 16.8. The molecule has 0 rings (SSSR count). The molecule has 0 spiro atoms. The first-order valence-electron chi connectivity index (χ1n) is 25.7. The summed E-state index contributed by atoms with van der Waals surface area (Å²) in [5, 5.41) is 0. The predicted molar refractivity (Wildman–Crippen MR) is 270 cm³/mol. The fraction of sp³-hybridized carbons (Fsp3) is 0.667. The van der Waals surface area contributed by atoms with Gasteiger partial charge in [-0.25, -0.2) is 0 Å². The van der Waals surface area contributed by atoms with Crippen LogP contribution in [0.5, 0.6) is 0 Å². The van der Waals surface area contributed by atoms with Gasteiger partial charge in [0.1, 0.15) is 13.2 Å². The summed E-state index contributed by atoms with van der Waals surface area (Å²) in [6.45, 7) is 6.33. The first-order valence-corrected chi connectivity index (χ1v) is 25.7. The standard InChI is InChI=1S/C57H94O6/c1-4-7-10-13-16-19-22-24-26-28-29-30-32-33-35-38-41-44-47-50-56(59)62-53-54(52-61-55(58)49-46-43-40-37-21-18-15-12-9-6-3)63-57(60)51-48-45-42-39-36-34-31-27-25-23-20-17-14-11-8-5-2/h7-8,10-11,15-20,24-27,29-30,54H,4-6,9,12-14,21-23,28,31-53H2,1-3H3/b10-7-,11-8-,18-15-,19-16-,20-17-,26-24-,27-25-,30-29-. The molecule has 0 aromatic carbocycles. The summed E-state index contributed by atoms with van der Waals surface area (Å²) in [5.74, 6) is -0.939. The third-order valence-corrected chi connectivity index (χ3v) is 10.6. The maximum Gasteiger partial charge on any atom is 0.306 e. The van der Waals surface area contributed by atoms with Gasteiger partial charge in [0.15, 0.2) is 6.10 Å². The van der Waals surface area contributed by atoms with Crippen LogP contribution in [0.3, 0.4) is 0 Å². The minimum absolute atomic E-state index is 0.0949. The van der Waals surface area contributed by atoms with Gasteiger partial charge >= 0.3 is 17.9 Å². The Hall–Kier alpha value is -3.67. The average Bonchev–Trinajstić information content (AvgIpc) is 3.28. The highest BCUT2D eigenvalue weighted by Crippen LogP contribution is 2.13. The lowest BCUT2D eigenvalue weighted by atomic mass is 10.1. The van der Waals surface area contributed by atoms with E-state index in [0.717, 1.165) is 148 Å². The van der Waals surface area contributed by atoms with Crippen molar-refractivity contribution in [2.75, 3.05) is 13.2 Å². The van der Waals surface area contributed by atoms with Gasteiger partial charge in [0.2, 0.25) is 0 Å². The van der Waals surface area contributed by atoms with Crippen LogP contribution in [0, 0.1) is 0 Å². The summed E-state index contributed by atoms with van der Waals surface area (Å²) in [4.78, 5) is 37.9. The molecular weight excluding hydrogens is 781 g/mol. The van der Waals surface area contributed by atoms with Crippen molar-refractivity contribution in [3.05, 3.63) is 97.2 Å². The van der Waals surface area contributed by atoms with Crippen molar-refractivity contribution >= 4 is 17.9 Å².